The van der Waals surface area contributed by atoms with E-state index in [1.165, 1.54) is 24.5 Å². The molecule has 9 heteroatoms. The third kappa shape index (κ3) is 2.90. The molecule has 0 bridgehead atoms. The SMILES string of the molecule is O=S(=O)(c1cc(F)cc(F)c1O)n1c(-c2cccnc2)cc2cc(Cl)ccc21. The summed E-state index contributed by atoms with van der Waals surface area (Å²) in [5.41, 5.74) is 0.886. The third-order valence-corrected chi connectivity index (χ3v) is 6.16. The fourth-order valence-corrected chi connectivity index (χ4v) is 4.80. The molecule has 2 heterocycles. The standard InChI is InChI=1S/C19H11ClF2N2O3S/c20-13-3-4-16-12(6-13)7-17(11-2-1-5-23-10-11)24(16)28(26,27)18-9-14(21)8-15(22)19(18)25/h1-10,25H. The topological polar surface area (TPSA) is 72.2 Å². The Morgan fingerprint density at radius 2 is 1.86 bits per heavy atom. The number of aromatic hydroxyl groups is 1. The lowest BCUT2D eigenvalue weighted by atomic mass is 10.2. The predicted octanol–water partition coefficient (Wildman–Crippen LogP) is 4.58. The molecule has 0 radical (unpaired) electrons. The first-order valence-corrected chi connectivity index (χ1v) is 9.76. The first kappa shape index (κ1) is 18.4. The van der Waals surface area contributed by atoms with Gasteiger partial charge in [0, 0.05) is 34.4 Å². The fraction of sp³-hybridized carbons (Fsp3) is 0. The maximum absolute atomic E-state index is 13.8. The lowest BCUT2D eigenvalue weighted by molar-refractivity contribution is 0.411. The smallest absolute Gasteiger partial charge is 0.272 e. The molecule has 0 atom stereocenters. The van der Waals surface area contributed by atoms with Crippen molar-refractivity contribution in [3.63, 3.8) is 0 Å². The van der Waals surface area contributed by atoms with Gasteiger partial charge in [0.1, 0.15) is 10.7 Å². The molecule has 28 heavy (non-hydrogen) atoms. The molecule has 0 amide bonds. The van der Waals surface area contributed by atoms with E-state index in [4.69, 9.17) is 11.6 Å². The maximum atomic E-state index is 13.8. The second-order valence-corrected chi connectivity index (χ2v) is 8.17. The van der Waals surface area contributed by atoms with Crippen LogP contribution >= 0.6 is 11.6 Å². The lowest BCUT2D eigenvalue weighted by Crippen LogP contribution is -2.15. The average molecular weight is 421 g/mol. The van der Waals surface area contributed by atoms with Gasteiger partial charge in [-0.15, -0.1) is 0 Å². The van der Waals surface area contributed by atoms with Crippen LogP contribution in [0.1, 0.15) is 0 Å². The van der Waals surface area contributed by atoms with Gasteiger partial charge in [0.2, 0.25) is 0 Å². The number of benzene rings is 2. The van der Waals surface area contributed by atoms with E-state index in [-0.39, 0.29) is 11.2 Å². The highest BCUT2D eigenvalue weighted by molar-refractivity contribution is 7.90. The molecule has 2 aromatic carbocycles. The Kier molecular flexibility index (Phi) is 4.32. The molecule has 0 saturated carbocycles. The van der Waals surface area contributed by atoms with Crippen LogP contribution in [-0.4, -0.2) is 22.5 Å². The molecule has 4 rings (SSSR count). The monoisotopic (exact) mass is 420 g/mol. The zero-order valence-electron chi connectivity index (χ0n) is 14.0. The Labute approximate surface area is 163 Å². The van der Waals surface area contributed by atoms with Gasteiger partial charge in [-0.05, 0) is 42.5 Å². The van der Waals surface area contributed by atoms with E-state index >= 15 is 0 Å². The van der Waals surface area contributed by atoms with Crippen LogP contribution < -0.4 is 0 Å². The minimum Gasteiger partial charge on any atom is -0.504 e. The Bertz CT molecular complexity index is 1320. The highest BCUT2D eigenvalue weighted by atomic mass is 35.5. The normalized spacial score (nSPS) is 11.8. The van der Waals surface area contributed by atoms with Gasteiger partial charge in [0.15, 0.2) is 11.6 Å². The van der Waals surface area contributed by atoms with Crippen molar-refractivity contribution in [2.24, 2.45) is 0 Å². The van der Waals surface area contributed by atoms with E-state index in [9.17, 15) is 22.3 Å². The van der Waals surface area contributed by atoms with Crippen LogP contribution in [-0.2, 0) is 10.0 Å². The van der Waals surface area contributed by atoms with Gasteiger partial charge in [-0.1, -0.05) is 11.6 Å². The van der Waals surface area contributed by atoms with Crippen LogP contribution in [0, 0.1) is 11.6 Å². The van der Waals surface area contributed by atoms with Crippen molar-refractivity contribution in [2.75, 3.05) is 0 Å². The quantitative estimate of drug-likeness (QED) is 0.526. The van der Waals surface area contributed by atoms with Crippen LogP contribution in [0.3, 0.4) is 0 Å². The van der Waals surface area contributed by atoms with Crippen molar-refractivity contribution in [1.82, 2.24) is 8.96 Å². The molecule has 1 N–H and O–H groups in total. The molecule has 0 aliphatic rings. The zero-order valence-corrected chi connectivity index (χ0v) is 15.5. The number of halogens is 3. The van der Waals surface area contributed by atoms with Gasteiger partial charge in [-0.3, -0.25) is 4.98 Å². The number of nitrogens with zero attached hydrogens (tertiary/aromatic N) is 2. The average Bonchev–Trinajstić information content (AvgIpc) is 3.04. The van der Waals surface area contributed by atoms with E-state index in [1.54, 1.807) is 24.3 Å². The number of aromatic nitrogens is 2. The van der Waals surface area contributed by atoms with Crippen molar-refractivity contribution >= 4 is 32.5 Å². The van der Waals surface area contributed by atoms with Crippen molar-refractivity contribution in [3.8, 4) is 17.0 Å². The number of phenols is 1. The molecule has 0 spiro atoms. The summed E-state index contributed by atoms with van der Waals surface area (Å²) >= 11 is 6.01. The molecule has 0 saturated heterocycles. The predicted molar refractivity (Wildman–Crippen MR) is 101 cm³/mol. The van der Waals surface area contributed by atoms with Crippen molar-refractivity contribution in [1.29, 1.82) is 0 Å². The van der Waals surface area contributed by atoms with Crippen molar-refractivity contribution in [2.45, 2.75) is 4.90 Å². The lowest BCUT2D eigenvalue weighted by Gasteiger charge is -2.13. The van der Waals surface area contributed by atoms with E-state index in [2.05, 4.69) is 4.98 Å². The van der Waals surface area contributed by atoms with Gasteiger partial charge < -0.3 is 5.11 Å². The maximum Gasteiger partial charge on any atom is 0.272 e. The largest absolute Gasteiger partial charge is 0.504 e. The highest BCUT2D eigenvalue weighted by Crippen LogP contribution is 2.36. The van der Waals surface area contributed by atoms with Crippen LogP contribution in [0.4, 0.5) is 8.78 Å². The molecule has 0 aliphatic carbocycles. The molecule has 4 aromatic rings. The first-order valence-electron chi connectivity index (χ1n) is 7.94. The Hall–Kier alpha value is -2.97. The van der Waals surface area contributed by atoms with Gasteiger partial charge in [0.25, 0.3) is 10.0 Å². The van der Waals surface area contributed by atoms with Gasteiger partial charge in [0.05, 0.1) is 11.2 Å². The van der Waals surface area contributed by atoms with Crippen LogP contribution in [0.5, 0.6) is 5.75 Å². The molecular formula is C19H11ClF2N2O3S. The summed E-state index contributed by atoms with van der Waals surface area (Å²) in [6.45, 7) is 0. The number of hydrogen-bond donors (Lipinski definition) is 1. The van der Waals surface area contributed by atoms with Gasteiger partial charge >= 0.3 is 0 Å². The molecule has 2 aromatic heterocycles. The summed E-state index contributed by atoms with van der Waals surface area (Å²) in [4.78, 5) is 3.10. The molecule has 142 valence electrons. The van der Waals surface area contributed by atoms with Crippen molar-refractivity contribution in [3.05, 3.63) is 77.6 Å². The third-order valence-electron chi connectivity index (χ3n) is 4.19. The second-order valence-electron chi connectivity index (χ2n) is 5.98. The zero-order chi connectivity index (χ0) is 20.1. The van der Waals surface area contributed by atoms with Gasteiger partial charge in [-0.25, -0.2) is 21.2 Å². The Morgan fingerprint density at radius 1 is 1.07 bits per heavy atom. The Morgan fingerprint density at radius 3 is 2.57 bits per heavy atom. The number of phenolic OH excluding ortho intramolecular Hbond substituents is 1. The fourth-order valence-electron chi connectivity index (χ4n) is 2.97. The number of pyridine rings is 1. The Balaban J connectivity index is 2.11. The van der Waals surface area contributed by atoms with Crippen LogP contribution in [0.2, 0.25) is 5.02 Å². The van der Waals surface area contributed by atoms with E-state index < -0.39 is 32.3 Å². The molecule has 5 nitrogen and oxygen atoms in total. The van der Waals surface area contributed by atoms with E-state index in [0.717, 1.165) is 3.97 Å². The summed E-state index contributed by atoms with van der Waals surface area (Å²) in [6, 6.07) is 10.3. The molecular weight excluding hydrogens is 410 g/mol. The number of fused-ring (bicyclic) bond motifs is 1. The van der Waals surface area contributed by atoms with Crippen LogP contribution in [0.15, 0.2) is 65.8 Å². The van der Waals surface area contributed by atoms with E-state index in [1.807, 2.05) is 0 Å². The summed E-state index contributed by atoms with van der Waals surface area (Å²) in [7, 11) is -4.57. The molecule has 0 unspecified atom stereocenters. The first-order chi connectivity index (χ1) is 13.3. The summed E-state index contributed by atoms with van der Waals surface area (Å²) in [6.07, 6.45) is 2.98. The number of hydrogen-bond acceptors (Lipinski definition) is 4. The molecule has 0 aliphatic heterocycles. The number of rotatable bonds is 3. The van der Waals surface area contributed by atoms with Gasteiger partial charge in [-0.2, -0.15) is 0 Å². The summed E-state index contributed by atoms with van der Waals surface area (Å²) < 4.78 is 55.1. The summed E-state index contributed by atoms with van der Waals surface area (Å²) in [5, 5.41) is 10.8. The minimum atomic E-state index is -4.57. The van der Waals surface area contributed by atoms with Crippen molar-refractivity contribution < 1.29 is 22.3 Å². The molecule has 0 fully saturated rings. The highest BCUT2D eigenvalue weighted by Gasteiger charge is 2.29. The van der Waals surface area contributed by atoms with Crippen LogP contribution in [0.25, 0.3) is 22.2 Å². The second kappa shape index (κ2) is 6.57. The summed E-state index contributed by atoms with van der Waals surface area (Å²) in [5.74, 6) is -3.66. The van der Waals surface area contributed by atoms with E-state index in [0.29, 0.717) is 28.1 Å². The minimum absolute atomic E-state index is 0.203.